The van der Waals surface area contributed by atoms with E-state index in [1.165, 1.54) is 0 Å². The van der Waals surface area contributed by atoms with Crippen molar-refractivity contribution in [3.05, 3.63) is 35.9 Å². The molecule has 1 aromatic carbocycles. The van der Waals surface area contributed by atoms with Gasteiger partial charge in [0.25, 0.3) is 0 Å². The lowest BCUT2D eigenvalue weighted by Crippen LogP contribution is -2.33. The number of oxime groups is 1. The molecule has 0 spiro atoms. The van der Waals surface area contributed by atoms with Gasteiger partial charge in [-0.25, -0.2) is 4.79 Å². The molecule has 118 valence electrons. The molecule has 7 nitrogen and oxygen atoms in total. The molecule has 1 N–H and O–H groups in total. The van der Waals surface area contributed by atoms with E-state index in [1.807, 2.05) is 6.07 Å². The standard InChI is InChI=1S/C15H17NO6/c1-15(2)21-12-11(16-18)10(20-14(12)22-15)8-19-13(17)9-6-4-3-5-7-9/h3-7,10,12,14,18H,8H2,1-2H3/b16-11-/t10-,12?,14+/m1/s1. The Balaban J connectivity index is 1.62. The molecule has 0 bridgehead atoms. The van der Waals surface area contributed by atoms with Gasteiger partial charge in [0.2, 0.25) is 0 Å². The van der Waals surface area contributed by atoms with E-state index in [2.05, 4.69) is 5.16 Å². The lowest BCUT2D eigenvalue weighted by atomic mass is 10.1. The topological polar surface area (TPSA) is 86.6 Å². The highest BCUT2D eigenvalue weighted by Gasteiger charge is 2.53. The number of fused-ring (bicyclic) bond motifs is 1. The first-order valence-electron chi connectivity index (χ1n) is 6.95. The largest absolute Gasteiger partial charge is 0.459 e. The Morgan fingerprint density at radius 1 is 1.32 bits per heavy atom. The highest BCUT2D eigenvalue weighted by Crippen LogP contribution is 2.35. The van der Waals surface area contributed by atoms with Crippen molar-refractivity contribution in [3.8, 4) is 0 Å². The van der Waals surface area contributed by atoms with Gasteiger partial charge in [-0.1, -0.05) is 23.4 Å². The van der Waals surface area contributed by atoms with Gasteiger partial charge in [-0.2, -0.15) is 0 Å². The van der Waals surface area contributed by atoms with Crippen molar-refractivity contribution in [2.24, 2.45) is 5.16 Å². The summed E-state index contributed by atoms with van der Waals surface area (Å²) in [5.74, 6) is -1.28. The van der Waals surface area contributed by atoms with Crippen LogP contribution in [0, 0.1) is 0 Å². The van der Waals surface area contributed by atoms with Crippen LogP contribution >= 0.6 is 0 Å². The molecule has 2 aliphatic rings. The number of carbonyl (C=O) groups is 1. The first-order valence-corrected chi connectivity index (χ1v) is 6.95. The maximum absolute atomic E-state index is 11.9. The molecular formula is C15H17NO6. The Morgan fingerprint density at radius 3 is 2.73 bits per heavy atom. The second-order valence-corrected chi connectivity index (χ2v) is 5.54. The lowest BCUT2D eigenvalue weighted by Gasteiger charge is -2.20. The Hall–Kier alpha value is -1.96. The molecule has 0 amide bonds. The van der Waals surface area contributed by atoms with Crippen molar-refractivity contribution in [1.82, 2.24) is 0 Å². The fourth-order valence-corrected chi connectivity index (χ4v) is 2.50. The highest BCUT2D eigenvalue weighted by atomic mass is 16.8. The van der Waals surface area contributed by atoms with Crippen LogP contribution in [0.15, 0.2) is 35.5 Å². The number of benzene rings is 1. The molecule has 3 atom stereocenters. The molecule has 2 fully saturated rings. The Kier molecular flexibility index (Phi) is 3.86. The first kappa shape index (κ1) is 15.0. The van der Waals surface area contributed by atoms with Crippen molar-refractivity contribution in [2.75, 3.05) is 6.61 Å². The molecule has 0 aliphatic carbocycles. The van der Waals surface area contributed by atoms with E-state index in [0.717, 1.165) is 0 Å². The van der Waals surface area contributed by atoms with Gasteiger partial charge in [-0.3, -0.25) is 0 Å². The Labute approximate surface area is 127 Å². The molecule has 0 radical (unpaired) electrons. The number of ether oxygens (including phenoxy) is 4. The van der Waals surface area contributed by atoms with Gasteiger partial charge in [0.05, 0.1) is 5.56 Å². The summed E-state index contributed by atoms with van der Waals surface area (Å²) >= 11 is 0. The number of nitrogens with zero attached hydrogens (tertiary/aromatic N) is 1. The first-order chi connectivity index (χ1) is 10.5. The third kappa shape index (κ3) is 2.83. The zero-order valence-corrected chi connectivity index (χ0v) is 12.3. The number of rotatable bonds is 3. The van der Waals surface area contributed by atoms with Crippen molar-refractivity contribution < 1.29 is 28.9 Å². The van der Waals surface area contributed by atoms with Gasteiger partial charge in [-0.05, 0) is 26.0 Å². The van der Waals surface area contributed by atoms with Crippen molar-refractivity contribution >= 4 is 11.7 Å². The summed E-state index contributed by atoms with van der Waals surface area (Å²) in [6.45, 7) is 3.41. The van der Waals surface area contributed by atoms with E-state index in [9.17, 15) is 4.79 Å². The van der Waals surface area contributed by atoms with Gasteiger partial charge in [0.1, 0.15) is 18.4 Å². The number of carbonyl (C=O) groups excluding carboxylic acids is 1. The molecule has 2 saturated heterocycles. The van der Waals surface area contributed by atoms with Crippen LogP contribution in [0.1, 0.15) is 24.2 Å². The minimum absolute atomic E-state index is 0.0761. The molecule has 22 heavy (non-hydrogen) atoms. The van der Waals surface area contributed by atoms with Crippen molar-refractivity contribution in [1.29, 1.82) is 0 Å². The summed E-state index contributed by atoms with van der Waals surface area (Å²) in [5, 5.41) is 12.4. The van der Waals surface area contributed by atoms with Crippen LogP contribution in [0.25, 0.3) is 0 Å². The summed E-state index contributed by atoms with van der Waals surface area (Å²) in [4.78, 5) is 11.9. The Morgan fingerprint density at radius 2 is 2.05 bits per heavy atom. The van der Waals surface area contributed by atoms with E-state index in [0.29, 0.717) is 5.56 Å². The summed E-state index contributed by atoms with van der Waals surface area (Å²) in [6.07, 6.45) is -1.95. The second-order valence-electron chi connectivity index (χ2n) is 5.54. The fourth-order valence-electron chi connectivity index (χ4n) is 2.50. The summed E-state index contributed by atoms with van der Waals surface area (Å²) in [6, 6.07) is 8.62. The fraction of sp³-hybridized carbons (Fsp3) is 0.467. The van der Waals surface area contributed by atoms with Gasteiger partial charge >= 0.3 is 5.97 Å². The molecule has 3 rings (SSSR count). The number of esters is 1. The van der Waals surface area contributed by atoms with E-state index in [1.54, 1.807) is 38.1 Å². The number of hydrogen-bond donors (Lipinski definition) is 1. The van der Waals surface area contributed by atoms with Crippen molar-refractivity contribution in [2.45, 2.75) is 38.1 Å². The predicted molar refractivity (Wildman–Crippen MR) is 74.6 cm³/mol. The summed E-state index contributed by atoms with van der Waals surface area (Å²) in [7, 11) is 0. The zero-order valence-electron chi connectivity index (χ0n) is 12.3. The van der Waals surface area contributed by atoms with Crippen LogP contribution in [-0.2, 0) is 18.9 Å². The number of hydrogen-bond acceptors (Lipinski definition) is 7. The molecule has 1 unspecified atom stereocenters. The van der Waals surface area contributed by atoms with E-state index < -0.39 is 30.3 Å². The average Bonchev–Trinajstić information content (AvgIpc) is 2.96. The average molecular weight is 307 g/mol. The van der Waals surface area contributed by atoms with Crippen LogP contribution in [0.3, 0.4) is 0 Å². The molecule has 7 heteroatoms. The molecular weight excluding hydrogens is 290 g/mol. The molecule has 2 heterocycles. The van der Waals surface area contributed by atoms with Crippen LogP contribution in [-0.4, -0.2) is 47.8 Å². The van der Waals surface area contributed by atoms with Crippen LogP contribution in [0.4, 0.5) is 0 Å². The second kappa shape index (κ2) is 5.68. The zero-order chi connectivity index (χ0) is 15.7. The van der Waals surface area contributed by atoms with Crippen LogP contribution < -0.4 is 0 Å². The van der Waals surface area contributed by atoms with E-state index in [4.69, 9.17) is 24.2 Å². The normalized spacial score (nSPS) is 31.2. The minimum Gasteiger partial charge on any atom is -0.459 e. The monoisotopic (exact) mass is 307 g/mol. The highest BCUT2D eigenvalue weighted by molar-refractivity contribution is 5.95. The third-order valence-corrected chi connectivity index (χ3v) is 3.47. The predicted octanol–water partition coefficient (Wildman–Crippen LogP) is 1.55. The Bertz CT molecular complexity index is 585. The van der Waals surface area contributed by atoms with Crippen LogP contribution in [0.2, 0.25) is 0 Å². The van der Waals surface area contributed by atoms with E-state index >= 15 is 0 Å². The molecule has 0 saturated carbocycles. The van der Waals surface area contributed by atoms with Gasteiger partial charge in [-0.15, -0.1) is 0 Å². The van der Waals surface area contributed by atoms with Crippen LogP contribution in [0.5, 0.6) is 0 Å². The maximum Gasteiger partial charge on any atom is 0.338 e. The lowest BCUT2D eigenvalue weighted by molar-refractivity contribution is -0.199. The smallest absolute Gasteiger partial charge is 0.338 e. The SMILES string of the molecule is CC1(C)OC2/C(=N\O)[C@@H](COC(=O)c3ccccc3)O[C@H]2O1. The minimum atomic E-state index is -0.809. The van der Waals surface area contributed by atoms with Gasteiger partial charge in [0, 0.05) is 0 Å². The van der Waals surface area contributed by atoms with Gasteiger partial charge < -0.3 is 24.2 Å². The quantitative estimate of drug-likeness (QED) is 0.518. The molecule has 1 aromatic rings. The third-order valence-electron chi connectivity index (χ3n) is 3.47. The summed E-state index contributed by atoms with van der Waals surface area (Å²) < 4.78 is 22.0. The van der Waals surface area contributed by atoms with Crippen molar-refractivity contribution in [3.63, 3.8) is 0 Å². The molecule has 0 aromatic heterocycles. The van der Waals surface area contributed by atoms with Gasteiger partial charge in [0.15, 0.2) is 18.2 Å². The summed E-state index contributed by atoms with van der Waals surface area (Å²) in [5.41, 5.74) is 0.702. The maximum atomic E-state index is 11.9. The van der Waals surface area contributed by atoms with E-state index in [-0.39, 0.29) is 12.3 Å². The molecule has 2 aliphatic heterocycles.